The minimum absolute atomic E-state index is 0.275. The summed E-state index contributed by atoms with van der Waals surface area (Å²) in [6, 6.07) is 1.94. The third kappa shape index (κ3) is 4.32. The van der Waals surface area contributed by atoms with Crippen molar-refractivity contribution in [1.29, 1.82) is 0 Å². The molecule has 1 aliphatic carbocycles. The second-order valence-electron chi connectivity index (χ2n) is 6.68. The lowest BCUT2D eigenvalue weighted by atomic mass is 9.75. The van der Waals surface area contributed by atoms with Gasteiger partial charge in [-0.25, -0.2) is 4.98 Å². The number of hydrogen-bond donors (Lipinski definition) is 1. The fourth-order valence-corrected chi connectivity index (χ4v) is 3.24. The van der Waals surface area contributed by atoms with Crippen LogP contribution in [0.25, 0.3) is 0 Å². The second-order valence-corrected chi connectivity index (χ2v) is 6.68. The molecule has 4 heteroatoms. The molecule has 0 amide bonds. The highest BCUT2D eigenvalue weighted by Crippen LogP contribution is 2.35. The standard InChI is InChI=1S/C17H29N3O/c1-6-18-17-19-13(5)10-16(20-17)21-15-9-12(4)7-8-14(15)11(2)3/h10-12,14-15H,6-9H2,1-5H3,(H,18,19,20). The number of rotatable bonds is 5. The van der Waals surface area contributed by atoms with Crippen molar-refractivity contribution in [3.8, 4) is 5.88 Å². The normalized spacial score (nSPS) is 25.9. The van der Waals surface area contributed by atoms with Crippen molar-refractivity contribution < 1.29 is 4.74 Å². The van der Waals surface area contributed by atoms with Crippen molar-refractivity contribution in [3.63, 3.8) is 0 Å². The maximum absolute atomic E-state index is 6.28. The fourth-order valence-electron chi connectivity index (χ4n) is 3.24. The summed E-state index contributed by atoms with van der Waals surface area (Å²) in [4.78, 5) is 8.88. The average Bonchev–Trinajstić information content (AvgIpc) is 2.38. The van der Waals surface area contributed by atoms with E-state index >= 15 is 0 Å². The van der Waals surface area contributed by atoms with Crippen LogP contribution < -0.4 is 10.1 Å². The third-order valence-corrected chi connectivity index (χ3v) is 4.40. The molecule has 1 N–H and O–H groups in total. The van der Waals surface area contributed by atoms with Crippen molar-refractivity contribution in [2.75, 3.05) is 11.9 Å². The van der Waals surface area contributed by atoms with E-state index in [4.69, 9.17) is 4.74 Å². The molecule has 118 valence electrons. The molecular formula is C17H29N3O. The molecule has 0 radical (unpaired) electrons. The minimum atomic E-state index is 0.275. The highest BCUT2D eigenvalue weighted by atomic mass is 16.5. The molecule has 0 spiro atoms. The Morgan fingerprint density at radius 2 is 2.10 bits per heavy atom. The highest BCUT2D eigenvalue weighted by Gasteiger charge is 2.32. The molecule has 3 unspecified atom stereocenters. The van der Waals surface area contributed by atoms with E-state index in [2.05, 4.69) is 36.1 Å². The van der Waals surface area contributed by atoms with Crippen LogP contribution in [-0.2, 0) is 0 Å². The summed E-state index contributed by atoms with van der Waals surface area (Å²) in [5.41, 5.74) is 0.945. The number of nitrogens with zero attached hydrogens (tertiary/aromatic N) is 2. The van der Waals surface area contributed by atoms with Crippen LogP contribution in [0.4, 0.5) is 5.95 Å². The Labute approximate surface area is 128 Å². The first-order valence-electron chi connectivity index (χ1n) is 8.25. The molecule has 1 aromatic heterocycles. The van der Waals surface area contributed by atoms with E-state index < -0.39 is 0 Å². The van der Waals surface area contributed by atoms with Crippen LogP contribution in [0.5, 0.6) is 5.88 Å². The smallest absolute Gasteiger partial charge is 0.226 e. The zero-order valence-electron chi connectivity index (χ0n) is 14.0. The molecule has 1 heterocycles. The van der Waals surface area contributed by atoms with Crippen molar-refractivity contribution >= 4 is 5.95 Å². The Morgan fingerprint density at radius 1 is 1.33 bits per heavy atom. The summed E-state index contributed by atoms with van der Waals surface area (Å²) < 4.78 is 6.28. The second kappa shape index (κ2) is 7.10. The first-order valence-corrected chi connectivity index (χ1v) is 8.25. The average molecular weight is 291 g/mol. The van der Waals surface area contributed by atoms with Crippen LogP contribution in [0, 0.1) is 24.7 Å². The van der Waals surface area contributed by atoms with Gasteiger partial charge in [0.2, 0.25) is 11.8 Å². The maximum atomic E-state index is 6.28. The SMILES string of the molecule is CCNc1nc(C)cc(OC2CC(C)CCC2C(C)C)n1. The molecule has 1 aromatic rings. The molecule has 2 rings (SSSR count). The van der Waals surface area contributed by atoms with E-state index in [1.54, 1.807) is 0 Å². The monoisotopic (exact) mass is 291 g/mol. The van der Waals surface area contributed by atoms with Gasteiger partial charge in [-0.2, -0.15) is 4.98 Å². The number of ether oxygens (including phenoxy) is 1. The van der Waals surface area contributed by atoms with Crippen LogP contribution in [0.15, 0.2) is 6.07 Å². The Hall–Kier alpha value is -1.32. The van der Waals surface area contributed by atoms with Gasteiger partial charge >= 0.3 is 0 Å². The lowest BCUT2D eigenvalue weighted by Gasteiger charge is -2.37. The number of aryl methyl sites for hydroxylation is 1. The molecule has 4 nitrogen and oxygen atoms in total. The minimum Gasteiger partial charge on any atom is -0.474 e. The van der Waals surface area contributed by atoms with Crippen LogP contribution in [0.1, 0.15) is 52.7 Å². The molecule has 21 heavy (non-hydrogen) atoms. The number of anilines is 1. The Morgan fingerprint density at radius 3 is 2.76 bits per heavy atom. The molecule has 0 aromatic carbocycles. The summed E-state index contributed by atoms with van der Waals surface area (Å²) in [6.07, 6.45) is 3.97. The first-order chi connectivity index (χ1) is 9.99. The van der Waals surface area contributed by atoms with E-state index in [0.717, 1.165) is 24.6 Å². The zero-order chi connectivity index (χ0) is 15.4. The topological polar surface area (TPSA) is 47.0 Å². The van der Waals surface area contributed by atoms with E-state index in [1.165, 1.54) is 12.8 Å². The number of hydrogen-bond acceptors (Lipinski definition) is 4. The molecule has 1 aliphatic rings. The van der Waals surface area contributed by atoms with Gasteiger partial charge in [0.15, 0.2) is 0 Å². The van der Waals surface area contributed by atoms with Gasteiger partial charge in [-0.1, -0.05) is 27.2 Å². The maximum Gasteiger partial charge on any atom is 0.226 e. The van der Waals surface area contributed by atoms with Crippen molar-refractivity contribution in [3.05, 3.63) is 11.8 Å². The molecule has 1 saturated carbocycles. The molecular weight excluding hydrogens is 262 g/mol. The Bertz CT molecular complexity index is 461. The van der Waals surface area contributed by atoms with Gasteiger partial charge in [0.05, 0.1) is 0 Å². The quantitative estimate of drug-likeness (QED) is 0.889. The number of nitrogens with one attached hydrogen (secondary N) is 1. The summed E-state index contributed by atoms with van der Waals surface area (Å²) in [5, 5.41) is 3.17. The predicted molar refractivity (Wildman–Crippen MR) is 86.7 cm³/mol. The van der Waals surface area contributed by atoms with Gasteiger partial charge in [0, 0.05) is 18.3 Å². The van der Waals surface area contributed by atoms with Gasteiger partial charge in [0.1, 0.15) is 6.10 Å². The summed E-state index contributed by atoms with van der Waals surface area (Å²) in [5.74, 6) is 3.39. The van der Waals surface area contributed by atoms with Gasteiger partial charge in [-0.3, -0.25) is 0 Å². The van der Waals surface area contributed by atoms with Gasteiger partial charge in [-0.05, 0) is 44.4 Å². The van der Waals surface area contributed by atoms with Gasteiger partial charge in [0.25, 0.3) is 0 Å². The Kier molecular flexibility index (Phi) is 5.43. The first kappa shape index (κ1) is 16.1. The van der Waals surface area contributed by atoms with E-state index in [-0.39, 0.29) is 6.10 Å². The molecule has 1 fully saturated rings. The molecule has 3 atom stereocenters. The van der Waals surface area contributed by atoms with Gasteiger partial charge in [-0.15, -0.1) is 0 Å². The molecule has 0 bridgehead atoms. The van der Waals surface area contributed by atoms with Crippen LogP contribution in [0.2, 0.25) is 0 Å². The third-order valence-electron chi connectivity index (χ3n) is 4.40. The van der Waals surface area contributed by atoms with Gasteiger partial charge < -0.3 is 10.1 Å². The van der Waals surface area contributed by atoms with Crippen molar-refractivity contribution in [2.24, 2.45) is 17.8 Å². The largest absolute Gasteiger partial charge is 0.474 e. The number of aromatic nitrogens is 2. The molecule has 0 saturated heterocycles. The molecule has 0 aliphatic heterocycles. The highest BCUT2D eigenvalue weighted by molar-refractivity contribution is 5.30. The van der Waals surface area contributed by atoms with Crippen LogP contribution >= 0.6 is 0 Å². The lowest BCUT2D eigenvalue weighted by molar-refractivity contribution is 0.0426. The summed E-state index contributed by atoms with van der Waals surface area (Å²) in [6.45, 7) is 11.8. The van der Waals surface area contributed by atoms with E-state index in [0.29, 0.717) is 23.7 Å². The van der Waals surface area contributed by atoms with Crippen LogP contribution in [-0.4, -0.2) is 22.6 Å². The predicted octanol–water partition coefficient (Wildman–Crippen LogP) is 4.06. The summed E-state index contributed by atoms with van der Waals surface area (Å²) in [7, 11) is 0. The zero-order valence-corrected chi connectivity index (χ0v) is 14.0. The van der Waals surface area contributed by atoms with Crippen molar-refractivity contribution in [2.45, 2.75) is 60.0 Å². The summed E-state index contributed by atoms with van der Waals surface area (Å²) >= 11 is 0. The van der Waals surface area contributed by atoms with Crippen LogP contribution in [0.3, 0.4) is 0 Å². The van der Waals surface area contributed by atoms with Crippen molar-refractivity contribution in [1.82, 2.24) is 9.97 Å². The fraction of sp³-hybridized carbons (Fsp3) is 0.765. The lowest BCUT2D eigenvalue weighted by Crippen LogP contribution is -2.36. The van der Waals surface area contributed by atoms with E-state index in [9.17, 15) is 0 Å². The Balaban J connectivity index is 2.14. The van der Waals surface area contributed by atoms with E-state index in [1.807, 2.05) is 19.9 Å².